The predicted octanol–water partition coefficient (Wildman–Crippen LogP) is 2.89. The van der Waals surface area contributed by atoms with Crippen LogP contribution in [-0.2, 0) is 26.6 Å². The third-order valence-corrected chi connectivity index (χ3v) is 6.01. The topological polar surface area (TPSA) is 68.8 Å². The van der Waals surface area contributed by atoms with Gasteiger partial charge in [-0.25, -0.2) is 14.6 Å². The van der Waals surface area contributed by atoms with Gasteiger partial charge in [0.1, 0.15) is 0 Å². The molecule has 4 heterocycles. The number of aromatic nitrogens is 5. The van der Waals surface area contributed by atoms with Gasteiger partial charge in [0.25, 0.3) is 5.56 Å². The molecular weight excluding hydrogens is 388 g/mol. The molecule has 0 aliphatic carbocycles. The number of rotatable bonds is 4. The highest BCUT2D eigenvalue weighted by Crippen LogP contribution is 2.22. The lowest BCUT2D eigenvalue weighted by Gasteiger charge is -2.27. The number of hydrogen-bond acceptors (Lipinski definition) is 5. The van der Waals surface area contributed by atoms with Crippen molar-refractivity contribution in [1.82, 2.24) is 29.2 Å². The van der Waals surface area contributed by atoms with Crippen LogP contribution >= 0.6 is 0 Å². The Morgan fingerprint density at radius 2 is 1.84 bits per heavy atom. The Morgan fingerprint density at radius 3 is 2.61 bits per heavy atom. The van der Waals surface area contributed by atoms with Gasteiger partial charge in [-0.05, 0) is 31.2 Å². The molecule has 7 nitrogen and oxygen atoms in total. The molecule has 31 heavy (non-hydrogen) atoms. The Kier molecular flexibility index (Phi) is 4.95. The molecule has 0 N–H and O–H groups in total. The van der Waals surface area contributed by atoms with Crippen molar-refractivity contribution in [2.75, 3.05) is 6.54 Å². The lowest BCUT2D eigenvalue weighted by atomic mass is 10.1. The van der Waals surface area contributed by atoms with Crippen LogP contribution in [0.15, 0.2) is 65.8 Å². The first kappa shape index (κ1) is 19.4. The van der Waals surface area contributed by atoms with Crippen molar-refractivity contribution in [1.29, 1.82) is 0 Å². The zero-order valence-electron chi connectivity index (χ0n) is 17.7. The van der Waals surface area contributed by atoms with Crippen molar-refractivity contribution >= 4 is 0 Å². The van der Waals surface area contributed by atoms with Crippen molar-refractivity contribution < 1.29 is 0 Å². The highest BCUT2D eigenvalue weighted by molar-refractivity contribution is 5.54. The van der Waals surface area contributed by atoms with Crippen LogP contribution in [0.3, 0.4) is 0 Å². The van der Waals surface area contributed by atoms with Crippen LogP contribution in [0.5, 0.6) is 0 Å². The molecule has 0 amide bonds. The fourth-order valence-corrected chi connectivity index (χ4v) is 4.18. The zero-order valence-corrected chi connectivity index (χ0v) is 17.7. The molecular formula is C24H24N6O. The minimum absolute atomic E-state index is 0.0429. The highest BCUT2D eigenvalue weighted by Gasteiger charge is 2.23. The molecule has 0 saturated carbocycles. The summed E-state index contributed by atoms with van der Waals surface area (Å²) in [5.41, 5.74) is 5.94. The van der Waals surface area contributed by atoms with Crippen LogP contribution in [0.2, 0.25) is 0 Å². The highest BCUT2D eigenvalue weighted by atomic mass is 16.1. The van der Waals surface area contributed by atoms with Crippen molar-refractivity contribution in [2.45, 2.75) is 26.4 Å². The molecule has 0 atom stereocenters. The molecule has 1 aliphatic heterocycles. The van der Waals surface area contributed by atoms with Gasteiger partial charge in [-0.1, -0.05) is 18.2 Å². The molecule has 156 valence electrons. The number of pyridine rings is 1. The standard InChI is InChI=1S/C24H24N6O/c1-17-21(24(31)30(28(17)2)20-6-4-3-5-7-20)16-29-13-10-22-19(15-29)14-26-23(27-22)18-8-11-25-12-9-18/h3-9,11-12,14H,10,13,15-16H2,1-2H3. The molecule has 0 spiro atoms. The van der Waals surface area contributed by atoms with E-state index in [1.807, 2.05) is 67.3 Å². The summed E-state index contributed by atoms with van der Waals surface area (Å²) in [5, 5.41) is 0. The first-order chi connectivity index (χ1) is 15.1. The van der Waals surface area contributed by atoms with Crippen LogP contribution in [-0.4, -0.2) is 35.8 Å². The van der Waals surface area contributed by atoms with E-state index >= 15 is 0 Å². The molecule has 0 saturated heterocycles. The lowest BCUT2D eigenvalue weighted by Crippen LogP contribution is -2.33. The molecule has 0 bridgehead atoms. The summed E-state index contributed by atoms with van der Waals surface area (Å²) >= 11 is 0. The van der Waals surface area contributed by atoms with Crippen molar-refractivity contribution in [3.8, 4) is 17.1 Å². The Morgan fingerprint density at radius 1 is 1.06 bits per heavy atom. The summed E-state index contributed by atoms with van der Waals surface area (Å²) in [6.45, 7) is 4.23. The molecule has 3 aromatic heterocycles. The molecule has 1 aromatic carbocycles. The maximum absolute atomic E-state index is 13.2. The summed E-state index contributed by atoms with van der Waals surface area (Å²) in [7, 11) is 1.94. The van der Waals surface area contributed by atoms with Gasteiger partial charge < -0.3 is 0 Å². The average Bonchev–Trinajstić information content (AvgIpc) is 3.03. The van der Waals surface area contributed by atoms with E-state index in [0.717, 1.165) is 59.1 Å². The van der Waals surface area contributed by atoms with E-state index in [4.69, 9.17) is 4.98 Å². The van der Waals surface area contributed by atoms with Gasteiger partial charge in [-0.15, -0.1) is 0 Å². The fourth-order valence-electron chi connectivity index (χ4n) is 4.18. The van der Waals surface area contributed by atoms with Gasteiger partial charge in [-0.3, -0.25) is 19.4 Å². The molecule has 4 aromatic rings. The van der Waals surface area contributed by atoms with Crippen LogP contribution in [0, 0.1) is 6.92 Å². The maximum atomic E-state index is 13.2. The maximum Gasteiger partial charge on any atom is 0.276 e. The predicted molar refractivity (Wildman–Crippen MR) is 119 cm³/mol. The number of para-hydroxylation sites is 1. The van der Waals surface area contributed by atoms with Gasteiger partial charge in [0.05, 0.1) is 16.9 Å². The molecule has 1 aliphatic rings. The van der Waals surface area contributed by atoms with E-state index < -0.39 is 0 Å². The van der Waals surface area contributed by atoms with Crippen LogP contribution in [0.1, 0.15) is 22.5 Å². The second-order valence-corrected chi connectivity index (χ2v) is 7.90. The van der Waals surface area contributed by atoms with Gasteiger partial charge >= 0.3 is 0 Å². The van der Waals surface area contributed by atoms with Gasteiger partial charge in [0.15, 0.2) is 5.82 Å². The van der Waals surface area contributed by atoms with E-state index in [2.05, 4.69) is 14.9 Å². The monoisotopic (exact) mass is 412 g/mol. The van der Waals surface area contributed by atoms with Crippen LogP contribution in [0.25, 0.3) is 17.1 Å². The van der Waals surface area contributed by atoms with Crippen molar-refractivity contribution in [3.05, 3.63) is 93.9 Å². The Bertz CT molecular complexity index is 1280. The van der Waals surface area contributed by atoms with E-state index in [0.29, 0.717) is 6.54 Å². The van der Waals surface area contributed by atoms with Gasteiger partial charge in [0.2, 0.25) is 0 Å². The average molecular weight is 412 g/mol. The third kappa shape index (κ3) is 3.57. The summed E-state index contributed by atoms with van der Waals surface area (Å²) < 4.78 is 3.68. The van der Waals surface area contributed by atoms with Gasteiger partial charge in [-0.2, -0.15) is 0 Å². The lowest BCUT2D eigenvalue weighted by molar-refractivity contribution is 0.241. The van der Waals surface area contributed by atoms with Crippen molar-refractivity contribution in [2.24, 2.45) is 7.05 Å². The molecule has 5 rings (SSSR count). The SMILES string of the molecule is Cc1c(CN2CCc3nc(-c4ccncc4)ncc3C2)c(=O)n(-c2ccccc2)n1C. The fraction of sp³-hybridized carbons (Fsp3) is 0.250. The Hall–Kier alpha value is -3.58. The van der Waals surface area contributed by atoms with Crippen molar-refractivity contribution in [3.63, 3.8) is 0 Å². The molecule has 0 unspecified atom stereocenters. The minimum Gasteiger partial charge on any atom is -0.294 e. The van der Waals surface area contributed by atoms with E-state index in [9.17, 15) is 4.79 Å². The summed E-state index contributed by atoms with van der Waals surface area (Å²) in [6.07, 6.45) is 6.27. The summed E-state index contributed by atoms with van der Waals surface area (Å²) in [4.78, 5) is 28.9. The number of benzene rings is 1. The van der Waals surface area contributed by atoms with Crippen LogP contribution in [0.4, 0.5) is 0 Å². The Labute approximate surface area is 180 Å². The smallest absolute Gasteiger partial charge is 0.276 e. The number of hydrogen-bond donors (Lipinski definition) is 0. The number of nitrogens with zero attached hydrogens (tertiary/aromatic N) is 6. The molecule has 7 heteroatoms. The van der Waals surface area contributed by atoms with E-state index in [-0.39, 0.29) is 5.56 Å². The molecule has 0 fully saturated rings. The third-order valence-electron chi connectivity index (χ3n) is 6.01. The Balaban J connectivity index is 1.39. The molecule has 0 radical (unpaired) electrons. The van der Waals surface area contributed by atoms with E-state index in [1.165, 1.54) is 0 Å². The second kappa shape index (κ2) is 7.92. The zero-order chi connectivity index (χ0) is 21.4. The number of fused-ring (bicyclic) bond motifs is 1. The van der Waals surface area contributed by atoms with E-state index in [1.54, 1.807) is 17.1 Å². The second-order valence-electron chi connectivity index (χ2n) is 7.90. The first-order valence-corrected chi connectivity index (χ1v) is 10.4. The largest absolute Gasteiger partial charge is 0.294 e. The minimum atomic E-state index is 0.0429. The summed E-state index contributed by atoms with van der Waals surface area (Å²) in [6, 6.07) is 13.6. The first-order valence-electron chi connectivity index (χ1n) is 10.4. The van der Waals surface area contributed by atoms with Crippen LogP contribution < -0.4 is 5.56 Å². The quantitative estimate of drug-likeness (QED) is 0.516. The summed E-state index contributed by atoms with van der Waals surface area (Å²) in [5.74, 6) is 0.735. The van der Waals surface area contributed by atoms with Gasteiger partial charge in [0, 0.05) is 68.5 Å². The normalized spacial score (nSPS) is 13.9.